The van der Waals surface area contributed by atoms with Gasteiger partial charge in [-0.05, 0) is 52.7 Å². The van der Waals surface area contributed by atoms with Gasteiger partial charge >= 0.3 is 0 Å². The first-order chi connectivity index (χ1) is 11.6. The molecule has 0 aliphatic heterocycles. The fraction of sp³-hybridized carbons (Fsp3) is 0.294. The van der Waals surface area contributed by atoms with Crippen molar-refractivity contribution in [1.29, 1.82) is 0 Å². The van der Waals surface area contributed by atoms with E-state index >= 15 is 0 Å². The molecule has 0 saturated heterocycles. The quantitative estimate of drug-likeness (QED) is 0.674. The molecule has 2 amide bonds. The number of hydrogen-bond acceptors (Lipinski definition) is 4. The lowest BCUT2D eigenvalue weighted by Gasteiger charge is -2.07. The molecule has 0 atom stereocenters. The van der Waals surface area contributed by atoms with Crippen molar-refractivity contribution < 1.29 is 18.7 Å². The van der Waals surface area contributed by atoms with Crippen molar-refractivity contribution in [2.24, 2.45) is 0 Å². The number of carbonyl (C=O) groups excluding carboxylic acids is 2. The van der Waals surface area contributed by atoms with Gasteiger partial charge in [0.2, 0.25) is 5.91 Å². The molecule has 0 aliphatic carbocycles. The number of nitrogens with one attached hydrogen (secondary N) is 2. The molecule has 128 valence electrons. The molecule has 24 heavy (non-hydrogen) atoms. The van der Waals surface area contributed by atoms with Crippen molar-refractivity contribution in [2.45, 2.75) is 13.3 Å². The fourth-order valence-electron chi connectivity index (χ4n) is 2.02. The SMILES string of the molecule is CCOc1ccc(CC(=O)NCCNC(=O)c2ccc(Br)o2)cc1. The average molecular weight is 395 g/mol. The van der Waals surface area contributed by atoms with Gasteiger partial charge in [-0.25, -0.2) is 0 Å². The highest BCUT2D eigenvalue weighted by Crippen LogP contribution is 2.13. The standard InChI is InChI=1S/C17H19BrN2O4/c1-2-23-13-5-3-12(4-6-13)11-16(21)19-9-10-20-17(22)14-7-8-15(18)24-14/h3-8H,2,9-11H2,1H3,(H,19,21)(H,20,22). The van der Waals surface area contributed by atoms with Crippen LogP contribution in [0.5, 0.6) is 5.75 Å². The van der Waals surface area contributed by atoms with Gasteiger partial charge in [-0.2, -0.15) is 0 Å². The zero-order chi connectivity index (χ0) is 17.4. The average Bonchev–Trinajstić information content (AvgIpc) is 3.00. The second-order valence-electron chi connectivity index (χ2n) is 4.96. The molecule has 0 fully saturated rings. The second-order valence-corrected chi connectivity index (χ2v) is 5.74. The van der Waals surface area contributed by atoms with E-state index in [2.05, 4.69) is 26.6 Å². The van der Waals surface area contributed by atoms with E-state index in [1.54, 1.807) is 12.1 Å². The van der Waals surface area contributed by atoms with Crippen LogP contribution in [-0.2, 0) is 11.2 Å². The summed E-state index contributed by atoms with van der Waals surface area (Å²) in [6.07, 6.45) is 0.283. The molecule has 1 aromatic carbocycles. The van der Waals surface area contributed by atoms with Crippen molar-refractivity contribution in [1.82, 2.24) is 10.6 Å². The van der Waals surface area contributed by atoms with E-state index in [1.165, 1.54) is 0 Å². The maximum absolute atomic E-state index is 11.9. The van der Waals surface area contributed by atoms with Gasteiger partial charge in [-0.3, -0.25) is 9.59 Å². The Balaban J connectivity index is 1.66. The Kier molecular flexibility index (Phi) is 6.87. The Morgan fingerprint density at radius 2 is 1.79 bits per heavy atom. The van der Waals surface area contributed by atoms with Gasteiger partial charge in [0.1, 0.15) is 5.75 Å². The maximum Gasteiger partial charge on any atom is 0.287 e. The number of rotatable bonds is 8. The van der Waals surface area contributed by atoms with Crippen molar-refractivity contribution in [2.75, 3.05) is 19.7 Å². The van der Waals surface area contributed by atoms with Gasteiger partial charge in [-0.1, -0.05) is 12.1 Å². The number of halogens is 1. The molecule has 2 N–H and O–H groups in total. The molecule has 0 unspecified atom stereocenters. The highest BCUT2D eigenvalue weighted by molar-refractivity contribution is 9.10. The first-order valence-corrected chi connectivity index (χ1v) is 8.39. The number of amides is 2. The van der Waals surface area contributed by atoms with Crippen LogP contribution in [0.25, 0.3) is 0 Å². The minimum Gasteiger partial charge on any atom is -0.494 e. The van der Waals surface area contributed by atoms with Crippen LogP contribution in [0, 0.1) is 0 Å². The largest absolute Gasteiger partial charge is 0.494 e. The Bertz CT molecular complexity index is 682. The minimum absolute atomic E-state index is 0.103. The van der Waals surface area contributed by atoms with Gasteiger partial charge in [0, 0.05) is 13.1 Å². The van der Waals surface area contributed by atoms with Crippen LogP contribution in [0.2, 0.25) is 0 Å². The van der Waals surface area contributed by atoms with Crippen molar-refractivity contribution >= 4 is 27.7 Å². The summed E-state index contributed by atoms with van der Waals surface area (Å²) in [6.45, 7) is 3.21. The molecule has 1 heterocycles. The van der Waals surface area contributed by atoms with Crippen LogP contribution in [0.4, 0.5) is 0 Å². The predicted octanol–water partition coefficient (Wildman–Crippen LogP) is 2.53. The summed E-state index contributed by atoms with van der Waals surface area (Å²) in [7, 11) is 0. The van der Waals surface area contributed by atoms with Gasteiger partial charge < -0.3 is 19.8 Å². The topological polar surface area (TPSA) is 80.6 Å². The van der Waals surface area contributed by atoms with E-state index in [-0.39, 0.29) is 24.0 Å². The number of ether oxygens (including phenoxy) is 1. The van der Waals surface area contributed by atoms with Crippen LogP contribution in [-0.4, -0.2) is 31.5 Å². The molecule has 6 nitrogen and oxygen atoms in total. The molecule has 0 aliphatic rings. The second kappa shape index (κ2) is 9.12. The van der Waals surface area contributed by atoms with Crippen molar-refractivity contribution in [3.8, 4) is 5.75 Å². The van der Waals surface area contributed by atoms with Crippen LogP contribution in [0.1, 0.15) is 23.0 Å². The Labute approximate surface area is 148 Å². The first kappa shape index (κ1) is 18.1. The zero-order valence-corrected chi connectivity index (χ0v) is 14.9. The van der Waals surface area contributed by atoms with Gasteiger partial charge in [0.05, 0.1) is 13.0 Å². The molecule has 0 saturated carbocycles. The lowest BCUT2D eigenvalue weighted by molar-refractivity contribution is -0.120. The summed E-state index contributed by atoms with van der Waals surface area (Å²) in [6, 6.07) is 10.6. The number of benzene rings is 1. The lowest BCUT2D eigenvalue weighted by Crippen LogP contribution is -2.35. The van der Waals surface area contributed by atoms with Crippen LogP contribution in [0.3, 0.4) is 0 Å². The Morgan fingerprint density at radius 1 is 1.08 bits per heavy atom. The number of furan rings is 1. The first-order valence-electron chi connectivity index (χ1n) is 7.60. The summed E-state index contributed by atoms with van der Waals surface area (Å²) < 4.78 is 11.0. The molecule has 2 aromatic rings. The Morgan fingerprint density at radius 3 is 2.42 bits per heavy atom. The van der Waals surface area contributed by atoms with E-state index in [9.17, 15) is 9.59 Å². The number of carbonyl (C=O) groups is 2. The molecule has 7 heteroatoms. The van der Waals surface area contributed by atoms with Gasteiger partial charge in [-0.15, -0.1) is 0 Å². The minimum atomic E-state index is -0.318. The lowest BCUT2D eigenvalue weighted by atomic mass is 10.1. The molecule has 0 radical (unpaired) electrons. The normalized spacial score (nSPS) is 10.2. The van der Waals surface area contributed by atoms with Crippen LogP contribution >= 0.6 is 15.9 Å². The van der Waals surface area contributed by atoms with Crippen molar-refractivity contribution in [3.05, 3.63) is 52.4 Å². The van der Waals surface area contributed by atoms with Crippen LogP contribution in [0.15, 0.2) is 45.5 Å². The van der Waals surface area contributed by atoms with E-state index in [0.29, 0.717) is 24.4 Å². The maximum atomic E-state index is 11.9. The monoisotopic (exact) mass is 394 g/mol. The molecule has 1 aromatic heterocycles. The molecule has 0 spiro atoms. The third-order valence-corrected chi connectivity index (χ3v) is 3.55. The number of hydrogen-bond donors (Lipinski definition) is 2. The summed E-state index contributed by atoms with van der Waals surface area (Å²) in [4.78, 5) is 23.6. The van der Waals surface area contributed by atoms with E-state index < -0.39 is 0 Å². The summed E-state index contributed by atoms with van der Waals surface area (Å²) in [5, 5.41) is 5.43. The van der Waals surface area contributed by atoms with E-state index in [0.717, 1.165) is 11.3 Å². The predicted molar refractivity (Wildman–Crippen MR) is 93.1 cm³/mol. The summed E-state index contributed by atoms with van der Waals surface area (Å²) in [5.74, 6) is 0.590. The Hall–Kier alpha value is -2.28. The summed E-state index contributed by atoms with van der Waals surface area (Å²) in [5.41, 5.74) is 0.903. The van der Waals surface area contributed by atoms with Gasteiger partial charge in [0.15, 0.2) is 10.4 Å². The smallest absolute Gasteiger partial charge is 0.287 e. The molecule has 2 rings (SSSR count). The third-order valence-electron chi connectivity index (χ3n) is 3.13. The van der Waals surface area contributed by atoms with Gasteiger partial charge in [0.25, 0.3) is 5.91 Å². The fourth-order valence-corrected chi connectivity index (χ4v) is 2.33. The highest BCUT2D eigenvalue weighted by atomic mass is 79.9. The molecular weight excluding hydrogens is 376 g/mol. The summed E-state index contributed by atoms with van der Waals surface area (Å²) >= 11 is 3.13. The zero-order valence-electron chi connectivity index (χ0n) is 13.3. The molecular formula is C17H19BrN2O4. The van der Waals surface area contributed by atoms with Crippen molar-refractivity contribution in [3.63, 3.8) is 0 Å². The molecule has 0 bridgehead atoms. The van der Waals surface area contributed by atoms with E-state index in [1.807, 2.05) is 31.2 Å². The van der Waals surface area contributed by atoms with E-state index in [4.69, 9.17) is 9.15 Å². The van der Waals surface area contributed by atoms with Crippen LogP contribution < -0.4 is 15.4 Å². The highest BCUT2D eigenvalue weighted by Gasteiger charge is 2.09. The third kappa shape index (κ3) is 5.73.